The minimum atomic E-state index is -0.557. The highest BCUT2D eigenvalue weighted by atomic mass is 15.1. The Hall–Kier alpha value is -8.98. The molecule has 1 heterocycles. The fourth-order valence-electron chi connectivity index (χ4n) is 11.6. The molecule has 10 aromatic carbocycles. The number of fused-ring (bicyclic) bond motifs is 7. The maximum Gasteiger partial charge on any atom is 0.0714 e. The average Bonchev–Trinajstić information content (AvgIpc) is 3.94. The van der Waals surface area contributed by atoms with E-state index in [1.165, 1.54) is 82.7 Å². The highest BCUT2D eigenvalue weighted by Gasteiger charge is 2.46. The summed E-state index contributed by atoms with van der Waals surface area (Å²) in [6.45, 7) is 8.11. The Bertz CT molecular complexity index is 3920. The van der Waals surface area contributed by atoms with E-state index in [1.807, 2.05) is 12.2 Å². The quantitative estimate of drug-likeness (QED) is 0.124. The van der Waals surface area contributed by atoms with E-state index in [1.54, 1.807) is 0 Å². The van der Waals surface area contributed by atoms with Crippen molar-refractivity contribution in [1.29, 1.82) is 0 Å². The van der Waals surface area contributed by atoms with E-state index in [4.69, 9.17) is 0 Å². The van der Waals surface area contributed by atoms with E-state index in [-0.39, 0.29) is 0 Å². The minimum Gasteiger partial charge on any atom is -0.310 e. The molecule has 0 saturated heterocycles. The van der Waals surface area contributed by atoms with Gasteiger partial charge in [-0.15, -0.1) is 6.58 Å². The number of aromatic nitrogens is 1. The van der Waals surface area contributed by atoms with Crippen LogP contribution < -0.4 is 4.90 Å². The van der Waals surface area contributed by atoms with Gasteiger partial charge in [0.2, 0.25) is 0 Å². The summed E-state index contributed by atoms with van der Waals surface area (Å²) in [5.74, 6) is 0.382. The standard InChI is InChI=1S/C69H50N2/c1-3-47-26-30-49(31-27-47)52-34-42-67-62(44-52)63-45-53(35-43-68(63)71(67)56-20-9-6-10-21-56)50-32-38-57(39-33-50)70(66-25-15-17-51-16-11-12-22-59(51)66)58-40-41-61-60-23-13-14-24-64(60)69(65(61)46-58,54-18-7-5-8-19-54)55-36-28-48(4-2)29-37-55/h3-26,28-47H,1-2,27H2. The number of allylic oxidation sites excluding steroid dienone is 5. The third-order valence-corrected chi connectivity index (χ3v) is 15.1. The molecular formula is C69H50N2. The molecule has 11 aromatic rings. The topological polar surface area (TPSA) is 8.17 Å². The first-order valence-corrected chi connectivity index (χ1v) is 24.7. The zero-order valence-electron chi connectivity index (χ0n) is 39.4. The molecule has 1 aromatic heterocycles. The summed E-state index contributed by atoms with van der Waals surface area (Å²) in [6.07, 6.45) is 11.8. The summed E-state index contributed by atoms with van der Waals surface area (Å²) in [4.78, 5) is 2.45. The van der Waals surface area contributed by atoms with Crippen LogP contribution in [0.25, 0.3) is 72.2 Å². The van der Waals surface area contributed by atoms with Gasteiger partial charge in [-0.05, 0) is 146 Å². The van der Waals surface area contributed by atoms with Gasteiger partial charge in [-0.25, -0.2) is 0 Å². The molecule has 0 N–H and O–H groups in total. The van der Waals surface area contributed by atoms with Gasteiger partial charge < -0.3 is 9.47 Å². The van der Waals surface area contributed by atoms with Crippen LogP contribution in [0.4, 0.5) is 17.1 Å². The SMILES string of the molecule is C=Cc1ccc(C2(c3ccccc3)c3ccccc3-c3ccc(N(c4ccc(-c5ccc6c(c5)c5cc(C7=CCC(C=C)C=C7)ccc5n6-c5ccccc5)cc4)c4cccc5ccccc45)cc32)cc1. The highest BCUT2D eigenvalue weighted by molar-refractivity contribution is 6.11. The molecule has 2 unspecified atom stereocenters. The molecule has 0 saturated carbocycles. The maximum atomic E-state index is 4.08. The maximum absolute atomic E-state index is 4.08. The summed E-state index contributed by atoms with van der Waals surface area (Å²) in [5, 5.41) is 4.86. The molecule has 2 aliphatic rings. The van der Waals surface area contributed by atoms with Crippen molar-refractivity contribution in [3.8, 4) is 27.9 Å². The molecule has 0 bridgehead atoms. The fraction of sp³-hybridized carbons (Fsp3) is 0.0435. The molecule has 2 atom stereocenters. The molecule has 0 spiro atoms. The molecule has 2 heteroatoms. The van der Waals surface area contributed by atoms with Crippen molar-refractivity contribution in [3.63, 3.8) is 0 Å². The normalized spacial score (nSPS) is 15.9. The van der Waals surface area contributed by atoms with Crippen molar-refractivity contribution in [2.24, 2.45) is 5.92 Å². The first-order valence-electron chi connectivity index (χ1n) is 24.7. The predicted octanol–water partition coefficient (Wildman–Crippen LogP) is 18.2. The van der Waals surface area contributed by atoms with E-state index in [2.05, 4.69) is 271 Å². The zero-order chi connectivity index (χ0) is 47.5. The van der Waals surface area contributed by atoms with Crippen molar-refractivity contribution in [1.82, 2.24) is 4.57 Å². The third kappa shape index (κ3) is 6.86. The molecule has 2 nitrogen and oxygen atoms in total. The van der Waals surface area contributed by atoms with Gasteiger partial charge in [0.25, 0.3) is 0 Å². The van der Waals surface area contributed by atoms with Gasteiger partial charge >= 0.3 is 0 Å². The van der Waals surface area contributed by atoms with Crippen LogP contribution in [0.1, 0.15) is 39.8 Å². The molecule has 71 heavy (non-hydrogen) atoms. The molecule has 0 fully saturated rings. The lowest BCUT2D eigenvalue weighted by Gasteiger charge is -2.35. The van der Waals surface area contributed by atoms with Gasteiger partial charge in [-0.2, -0.15) is 0 Å². The number of benzene rings is 10. The molecule has 2 aliphatic carbocycles. The number of hydrogen-bond donors (Lipinski definition) is 0. The van der Waals surface area contributed by atoms with E-state index in [9.17, 15) is 0 Å². The lowest BCUT2D eigenvalue weighted by molar-refractivity contribution is 0.768. The Balaban J connectivity index is 0.971. The Morgan fingerprint density at radius 2 is 1.13 bits per heavy atom. The summed E-state index contributed by atoms with van der Waals surface area (Å²) < 4.78 is 2.40. The van der Waals surface area contributed by atoms with Crippen LogP contribution in [0.2, 0.25) is 0 Å². The van der Waals surface area contributed by atoms with E-state index in [0.717, 1.165) is 40.3 Å². The first kappa shape index (κ1) is 42.1. The van der Waals surface area contributed by atoms with Crippen LogP contribution in [-0.4, -0.2) is 4.57 Å². The summed E-state index contributed by atoms with van der Waals surface area (Å²) in [5.41, 5.74) is 19.7. The monoisotopic (exact) mass is 906 g/mol. The van der Waals surface area contributed by atoms with E-state index in [0.29, 0.717) is 5.92 Å². The second-order valence-electron chi connectivity index (χ2n) is 18.9. The number of hydrogen-bond acceptors (Lipinski definition) is 1. The van der Waals surface area contributed by atoms with E-state index < -0.39 is 5.41 Å². The molecular weight excluding hydrogens is 857 g/mol. The molecule has 0 amide bonds. The van der Waals surface area contributed by atoms with E-state index >= 15 is 0 Å². The third-order valence-electron chi connectivity index (χ3n) is 15.1. The highest BCUT2D eigenvalue weighted by Crippen LogP contribution is 2.57. The van der Waals surface area contributed by atoms with Crippen LogP contribution in [0.5, 0.6) is 0 Å². The Kier molecular flexibility index (Phi) is 10.2. The van der Waals surface area contributed by atoms with Crippen molar-refractivity contribution in [2.45, 2.75) is 11.8 Å². The van der Waals surface area contributed by atoms with Gasteiger partial charge in [0.1, 0.15) is 0 Å². The second kappa shape index (κ2) is 17.2. The number of para-hydroxylation sites is 1. The molecule has 0 aliphatic heterocycles. The van der Waals surface area contributed by atoms with Gasteiger partial charge in [-0.3, -0.25) is 0 Å². The number of nitrogens with zero attached hydrogens (tertiary/aromatic N) is 2. The fourth-order valence-corrected chi connectivity index (χ4v) is 11.6. The van der Waals surface area contributed by atoms with Crippen LogP contribution in [-0.2, 0) is 5.41 Å². The molecule has 13 rings (SSSR count). The van der Waals surface area contributed by atoms with Crippen molar-refractivity contribution < 1.29 is 0 Å². The van der Waals surface area contributed by atoms with Gasteiger partial charge in [0.05, 0.1) is 22.1 Å². The average molecular weight is 907 g/mol. The summed E-state index contributed by atoms with van der Waals surface area (Å²) in [6, 6.07) is 85.3. The first-order chi connectivity index (χ1) is 35.1. The number of rotatable bonds is 10. The van der Waals surface area contributed by atoms with Crippen molar-refractivity contribution in [3.05, 3.63) is 301 Å². The Morgan fingerprint density at radius 1 is 0.493 bits per heavy atom. The minimum absolute atomic E-state index is 0.382. The van der Waals surface area contributed by atoms with Crippen molar-refractivity contribution >= 4 is 61.3 Å². The largest absolute Gasteiger partial charge is 0.310 e. The smallest absolute Gasteiger partial charge is 0.0714 e. The van der Waals surface area contributed by atoms with Gasteiger partial charge in [0.15, 0.2) is 0 Å². The second-order valence-corrected chi connectivity index (χ2v) is 18.9. The van der Waals surface area contributed by atoms with Crippen LogP contribution in [0.3, 0.4) is 0 Å². The predicted molar refractivity (Wildman–Crippen MR) is 301 cm³/mol. The summed E-state index contributed by atoms with van der Waals surface area (Å²) >= 11 is 0. The van der Waals surface area contributed by atoms with Crippen LogP contribution >= 0.6 is 0 Å². The Morgan fingerprint density at radius 3 is 1.87 bits per heavy atom. The lowest BCUT2D eigenvalue weighted by Crippen LogP contribution is -2.28. The lowest BCUT2D eigenvalue weighted by atomic mass is 9.67. The van der Waals surface area contributed by atoms with Crippen LogP contribution in [0.15, 0.2) is 268 Å². The Labute approximate surface area is 415 Å². The summed E-state index contributed by atoms with van der Waals surface area (Å²) in [7, 11) is 0. The molecule has 336 valence electrons. The molecule has 0 radical (unpaired) electrons. The van der Waals surface area contributed by atoms with Gasteiger partial charge in [-0.1, -0.05) is 201 Å². The number of anilines is 3. The van der Waals surface area contributed by atoms with Crippen molar-refractivity contribution in [2.75, 3.05) is 4.90 Å². The van der Waals surface area contributed by atoms with Gasteiger partial charge in [0, 0.05) is 33.2 Å². The zero-order valence-corrected chi connectivity index (χ0v) is 39.4. The van der Waals surface area contributed by atoms with Crippen LogP contribution in [0, 0.1) is 5.92 Å².